The molecular weight excluding hydrogens is 226 g/mol. The van der Waals surface area contributed by atoms with E-state index in [4.69, 9.17) is 5.73 Å². The number of amides is 1. The maximum absolute atomic E-state index is 12.5. The average molecular weight is 253 g/mol. The van der Waals surface area contributed by atoms with Crippen LogP contribution in [0.2, 0.25) is 0 Å². The number of nitrogens with two attached hydrogens (primary N) is 1. The van der Waals surface area contributed by atoms with E-state index in [0.717, 1.165) is 32.2 Å². The van der Waals surface area contributed by atoms with Gasteiger partial charge in [-0.25, -0.2) is 0 Å². The van der Waals surface area contributed by atoms with Crippen LogP contribution in [0.4, 0.5) is 0 Å². The third kappa shape index (κ3) is 2.28. The maximum atomic E-state index is 12.5. The highest BCUT2D eigenvalue weighted by Gasteiger charge is 2.44. The molecule has 0 atom stereocenters. The first kappa shape index (κ1) is 13.8. The van der Waals surface area contributed by atoms with Crippen molar-refractivity contribution in [2.24, 2.45) is 5.73 Å². The van der Waals surface area contributed by atoms with Gasteiger partial charge in [0.05, 0.1) is 5.54 Å². The number of hydrogen-bond donors (Lipinski definition) is 1. The molecule has 0 aromatic rings. The van der Waals surface area contributed by atoms with Gasteiger partial charge in [-0.1, -0.05) is 12.8 Å². The predicted molar refractivity (Wildman–Crippen MR) is 73.3 cm³/mol. The summed E-state index contributed by atoms with van der Waals surface area (Å²) in [6.07, 6.45) is 7.54. The van der Waals surface area contributed by atoms with E-state index in [1.54, 1.807) is 0 Å². The van der Waals surface area contributed by atoms with Crippen LogP contribution in [0.15, 0.2) is 0 Å². The van der Waals surface area contributed by atoms with Gasteiger partial charge in [0.25, 0.3) is 0 Å². The van der Waals surface area contributed by atoms with Crippen LogP contribution in [0.5, 0.6) is 0 Å². The fourth-order valence-corrected chi connectivity index (χ4v) is 3.44. The fraction of sp³-hybridized carbons (Fsp3) is 0.929. The Kier molecular flexibility index (Phi) is 3.70. The number of carbonyl (C=O) groups is 1. The Morgan fingerprint density at radius 3 is 2.00 bits per heavy atom. The van der Waals surface area contributed by atoms with Crippen LogP contribution in [0.1, 0.15) is 44.9 Å². The summed E-state index contributed by atoms with van der Waals surface area (Å²) in [5.74, 6) is 0.146. The molecule has 4 heteroatoms. The minimum atomic E-state index is -0.577. The summed E-state index contributed by atoms with van der Waals surface area (Å²) in [5.41, 5.74) is 5.87. The van der Waals surface area contributed by atoms with Gasteiger partial charge in [-0.2, -0.15) is 0 Å². The van der Waals surface area contributed by atoms with Gasteiger partial charge in [-0.3, -0.25) is 4.79 Å². The number of nitrogens with zero attached hydrogens (tertiary/aromatic N) is 2. The van der Waals surface area contributed by atoms with Gasteiger partial charge in [0.1, 0.15) is 0 Å². The second-order valence-corrected chi connectivity index (χ2v) is 6.50. The van der Waals surface area contributed by atoms with Crippen LogP contribution in [-0.2, 0) is 4.79 Å². The van der Waals surface area contributed by atoms with E-state index in [1.807, 2.05) is 11.9 Å². The molecule has 1 amide bonds. The lowest BCUT2D eigenvalue weighted by atomic mass is 9.75. The summed E-state index contributed by atoms with van der Waals surface area (Å²) in [5, 5.41) is 0. The zero-order chi connectivity index (χ0) is 13.4. The minimum Gasteiger partial charge on any atom is -0.342 e. The molecule has 0 aromatic heterocycles. The molecule has 2 saturated carbocycles. The SMILES string of the molecule is CN(CC1(N(C)C)CCC1)C(=O)C1(N)CCCC1. The molecule has 2 aliphatic rings. The number of rotatable bonds is 4. The summed E-state index contributed by atoms with van der Waals surface area (Å²) >= 11 is 0. The van der Waals surface area contributed by atoms with E-state index in [1.165, 1.54) is 19.3 Å². The first-order valence-electron chi connectivity index (χ1n) is 7.12. The van der Waals surface area contributed by atoms with Crippen molar-refractivity contribution in [2.45, 2.75) is 56.0 Å². The van der Waals surface area contributed by atoms with E-state index in [0.29, 0.717) is 0 Å². The summed E-state index contributed by atoms with van der Waals surface area (Å²) in [7, 11) is 6.15. The van der Waals surface area contributed by atoms with Crippen LogP contribution in [0, 0.1) is 0 Å². The molecule has 0 heterocycles. The molecule has 2 fully saturated rings. The second-order valence-electron chi connectivity index (χ2n) is 6.50. The molecule has 0 unspecified atom stereocenters. The van der Waals surface area contributed by atoms with Gasteiger partial charge in [0.15, 0.2) is 0 Å². The molecule has 2 aliphatic carbocycles. The molecule has 18 heavy (non-hydrogen) atoms. The van der Waals surface area contributed by atoms with Crippen molar-refractivity contribution in [2.75, 3.05) is 27.7 Å². The summed E-state index contributed by atoms with van der Waals surface area (Å²) in [6.45, 7) is 0.817. The largest absolute Gasteiger partial charge is 0.342 e. The first-order chi connectivity index (χ1) is 8.40. The highest BCUT2D eigenvalue weighted by Crippen LogP contribution is 2.37. The van der Waals surface area contributed by atoms with E-state index in [2.05, 4.69) is 19.0 Å². The highest BCUT2D eigenvalue weighted by molar-refractivity contribution is 5.86. The van der Waals surface area contributed by atoms with Gasteiger partial charge < -0.3 is 15.5 Å². The van der Waals surface area contributed by atoms with Crippen molar-refractivity contribution in [1.82, 2.24) is 9.80 Å². The molecule has 0 aliphatic heterocycles. The van der Waals surface area contributed by atoms with Crippen LogP contribution >= 0.6 is 0 Å². The molecule has 0 radical (unpaired) electrons. The minimum absolute atomic E-state index is 0.146. The van der Waals surface area contributed by atoms with Gasteiger partial charge in [-0.15, -0.1) is 0 Å². The molecule has 2 rings (SSSR count). The zero-order valence-corrected chi connectivity index (χ0v) is 12.0. The monoisotopic (exact) mass is 253 g/mol. The Hall–Kier alpha value is -0.610. The van der Waals surface area contributed by atoms with Crippen LogP contribution < -0.4 is 5.73 Å². The Morgan fingerprint density at radius 2 is 1.61 bits per heavy atom. The quantitative estimate of drug-likeness (QED) is 0.819. The van der Waals surface area contributed by atoms with Crippen LogP contribution in [0.25, 0.3) is 0 Å². The third-order valence-corrected chi connectivity index (χ3v) is 5.03. The van der Waals surface area contributed by atoms with Gasteiger partial charge in [0, 0.05) is 19.1 Å². The molecular formula is C14H27N3O. The van der Waals surface area contributed by atoms with Crippen LogP contribution in [0.3, 0.4) is 0 Å². The molecule has 0 aromatic carbocycles. The highest BCUT2D eigenvalue weighted by atomic mass is 16.2. The second kappa shape index (κ2) is 4.82. The van der Waals surface area contributed by atoms with Crippen LogP contribution in [-0.4, -0.2) is 54.5 Å². The van der Waals surface area contributed by atoms with Crippen molar-refractivity contribution in [3.8, 4) is 0 Å². The summed E-state index contributed by atoms with van der Waals surface area (Å²) in [4.78, 5) is 16.6. The van der Waals surface area contributed by atoms with Crippen molar-refractivity contribution in [3.63, 3.8) is 0 Å². The lowest BCUT2D eigenvalue weighted by Crippen LogP contribution is -2.61. The number of hydrogen-bond acceptors (Lipinski definition) is 3. The van der Waals surface area contributed by atoms with Gasteiger partial charge in [-0.05, 0) is 46.2 Å². The van der Waals surface area contributed by atoms with Crippen molar-refractivity contribution in [1.29, 1.82) is 0 Å². The number of likely N-dealkylation sites (N-methyl/N-ethyl adjacent to an activating group) is 2. The van der Waals surface area contributed by atoms with Gasteiger partial charge in [0.2, 0.25) is 5.91 Å². The Morgan fingerprint density at radius 1 is 1.06 bits per heavy atom. The standard InChI is InChI=1S/C14H27N3O/c1-16(2)13(7-6-8-13)11-17(3)12(18)14(15)9-4-5-10-14/h4-11,15H2,1-3H3. The van der Waals surface area contributed by atoms with Gasteiger partial charge >= 0.3 is 0 Å². The Bertz CT molecular complexity index is 317. The van der Waals surface area contributed by atoms with E-state index >= 15 is 0 Å². The van der Waals surface area contributed by atoms with E-state index < -0.39 is 5.54 Å². The first-order valence-corrected chi connectivity index (χ1v) is 7.12. The molecule has 0 bridgehead atoms. The molecule has 0 saturated heterocycles. The molecule has 104 valence electrons. The third-order valence-electron chi connectivity index (χ3n) is 5.03. The fourth-order valence-electron chi connectivity index (χ4n) is 3.44. The topological polar surface area (TPSA) is 49.6 Å². The lowest BCUT2D eigenvalue weighted by molar-refractivity contribution is -0.138. The predicted octanol–water partition coefficient (Wildman–Crippen LogP) is 1.20. The van der Waals surface area contributed by atoms with Crippen molar-refractivity contribution >= 4 is 5.91 Å². The maximum Gasteiger partial charge on any atom is 0.242 e. The molecule has 0 spiro atoms. The number of carbonyl (C=O) groups excluding carboxylic acids is 1. The Labute approximate surface area is 110 Å². The van der Waals surface area contributed by atoms with Crippen molar-refractivity contribution in [3.05, 3.63) is 0 Å². The lowest BCUT2D eigenvalue weighted by Gasteiger charge is -2.49. The Balaban J connectivity index is 1.99. The molecule has 2 N–H and O–H groups in total. The average Bonchev–Trinajstić information content (AvgIpc) is 2.70. The van der Waals surface area contributed by atoms with E-state index in [-0.39, 0.29) is 11.4 Å². The van der Waals surface area contributed by atoms with E-state index in [9.17, 15) is 4.79 Å². The smallest absolute Gasteiger partial charge is 0.242 e. The normalized spacial score (nSPS) is 24.9. The summed E-state index contributed by atoms with van der Waals surface area (Å²) < 4.78 is 0. The summed E-state index contributed by atoms with van der Waals surface area (Å²) in [6, 6.07) is 0. The van der Waals surface area contributed by atoms with Crippen molar-refractivity contribution < 1.29 is 4.79 Å². The molecule has 4 nitrogen and oxygen atoms in total. The zero-order valence-electron chi connectivity index (χ0n) is 12.0.